The number of benzene rings is 1. The zero-order valence-corrected chi connectivity index (χ0v) is 9.76. The van der Waals surface area contributed by atoms with Crippen molar-refractivity contribution >= 4 is 11.6 Å². The van der Waals surface area contributed by atoms with E-state index in [1.165, 1.54) is 6.92 Å². The first-order valence-corrected chi connectivity index (χ1v) is 5.46. The molecule has 1 aliphatic heterocycles. The van der Waals surface area contributed by atoms with Crippen LogP contribution in [0.25, 0.3) is 0 Å². The maximum atomic E-state index is 13.6. The standard InChI is InChI=1S/C12H14F2N2O/c1-7-5-9(14)11(6-8(7)13)15-10-3-4-16(2)12(10)17/h5-6,10,15H,3-4H2,1-2H3. The van der Waals surface area contributed by atoms with Crippen LogP contribution in [0.1, 0.15) is 12.0 Å². The summed E-state index contributed by atoms with van der Waals surface area (Å²) in [5.74, 6) is -1.11. The minimum Gasteiger partial charge on any atom is -0.371 e. The summed E-state index contributed by atoms with van der Waals surface area (Å²) in [6, 6.07) is 1.76. The second-order valence-electron chi connectivity index (χ2n) is 4.33. The van der Waals surface area contributed by atoms with E-state index in [0.717, 1.165) is 12.1 Å². The van der Waals surface area contributed by atoms with Gasteiger partial charge in [-0.3, -0.25) is 4.79 Å². The molecule has 0 spiro atoms. The van der Waals surface area contributed by atoms with Crippen LogP contribution in [0, 0.1) is 18.6 Å². The lowest BCUT2D eigenvalue weighted by atomic mass is 10.1. The maximum absolute atomic E-state index is 13.6. The third-order valence-electron chi connectivity index (χ3n) is 3.01. The molecule has 1 amide bonds. The van der Waals surface area contributed by atoms with E-state index in [2.05, 4.69) is 5.32 Å². The van der Waals surface area contributed by atoms with Gasteiger partial charge in [-0.1, -0.05) is 0 Å². The van der Waals surface area contributed by atoms with Gasteiger partial charge in [0.25, 0.3) is 0 Å². The molecule has 1 heterocycles. The van der Waals surface area contributed by atoms with Crippen LogP contribution in [-0.2, 0) is 4.79 Å². The van der Waals surface area contributed by atoms with Crippen molar-refractivity contribution in [1.29, 1.82) is 0 Å². The fraction of sp³-hybridized carbons (Fsp3) is 0.417. The SMILES string of the molecule is Cc1cc(F)c(NC2CCN(C)C2=O)cc1F. The Hall–Kier alpha value is -1.65. The van der Waals surface area contributed by atoms with Gasteiger partial charge in [0.15, 0.2) is 0 Å². The Labute approximate surface area is 98.4 Å². The quantitative estimate of drug-likeness (QED) is 0.856. The van der Waals surface area contributed by atoms with Crippen LogP contribution in [0.4, 0.5) is 14.5 Å². The van der Waals surface area contributed by atoms with Gasteiger partial charge in [0, 0.05) is 19.7 Å². The van der Waals surface area contributed by atoms with Crippen LogP contribution in [0.2, 0.25) is 0 Å². The van der Waals surface area contributed by atoms with Crippen molar-refractivity contribution in [2.24, 2.45) is 0 Å². The largest absolute Gasteiger partial charge is 0.371 e. The predicted octanol–water partition coefficient (Wildman–Crippen LogP) is 1.92. The lowest BCUT2D eigenvalue weighted by Gasteiger charge is -2.14. The highest BCUT2D eigenvalue weighted by molar-refractivity contribution is 5.86. The van der Waals surface area contributed by atoms with Gasteiger partial charge in [0.1, 0.15) is 17.7 Å². The molecular formula is C12H14F2N2O. The molecule has 0 bridgehead atoms. The molecule has 0 radical (unpaired) electrons. The fourth-order valence-corrected chi connectivity index (χ4v) is 1.90. The van der Waals surface area contributed by atoms with Crippen LogP contribution in [0.5, 0.6) is 0 Å². The number of nitrogens with one attached hydrogen (secondary N) is 1. The van der Waals surface area contributed by atoms with Crippen molar-refractivity contribution in [3.63, 3.8) is 0 Å². The Bertz CT molecular complexity index is 462. The molecule has 5 heteroatoms. The first-order chi connectivity index (χ1) is 7.99. The van der Waals surface area contributed by atoms with E-state index < -0.39 is 17.7 Å². The highest BCUT2D eigenvalue weighted by Gasteiger charge is 2.29. The van der Waals surface area contributed by atoms with Crippen LogP contribution in [-0.4, -0.2) is 30.4 Å². The molecule has 1 N–H and O–H groups in total. The summed E-state index contributed by atoms with van der Waals surface area (Å²) in [6.45, 7) is 2.13. The first kappa shape index (κ1) is 11.8. The summed E-state index contributed by atoms with van der Waals surface area (Å²) in [5, 5.41) is 2.75. The lowest BCUT2D eigenvalue weighted by Crippen LogP contribution is -2.31. The number of likely N-dealkylation sites (tertiary alicyclic amines) is 1. The van der Waals surface area contributed by atoms with Crippen LogP contribution in [0.3, 0.4) is 0 Å². The Morgan fingerprint density at radius 3 is 2.65 bits per heavy atom. The molecule has 0 saturated carbocycles. The van der Waals surface area contributed by atoms with E-state index in [-0.39, 0.29) is 17.2 Å². The molecule has 1 aromatic carbocycles. The molecule has 0 aliphatic carbocycles. The van der Waals surface area contributed by atoms with Gasteiger partial charge in [0.05, 0.1) is 5.69 Å². The number of carbonyl (C=O) groups excluding carboxylic acids is 1. The van der Waals surface area contributed by atoms with E-state index in [1.807, 2.05) is 0 Å². The van der Waals surface area contributed by atoms with Crippen LogP contribution >= 0.6 is 0 Å². The van der Waals surface area contributed by atoms with Gasteiger partial charge in [-0.25, -0.2) is 8.78 Å². The van der Waals surface area contributed by atoms with Crippen LogP contribution < -0.4 is 5.32 Å². The number of amides is 1. The first-order valence-electron chi connectivity index (χ1n) is 5.46. The lowest BCUT2D eigenvalue weighted by molar-refractivity contribution is -0.127. The summed E-state index contributed by atoms with van der Waals surface area (Å²) in [6.07, 6.45) is 0.601. The molecule has 1 unspecified atom stereocenters. The number of anilines is 1. The molecule has 17 heavy (non-hydrogen) atoms. The second kappa shape index (κ2) is 4.31. The molecule has 1 aromatic rings. The van der Waals surface area contributed by atoms with Crippen molar-refractivity contribution in [2.75, 3.05) is 18.9 Å². The molecule has 2 rings (SSSR count). The van der Waals surface area contributed by atoms with Gasteiger partial charge >= 0.3 is 0 Å². The molecule has 0 aromatic heterocycles. The highest BCUT2D eigenvalue weighted by atomic mass is 19.1. The topological polar surface area (TPSA) is 32.3 Å². The normalized spacial score (nSPS) is 19.9. The maximum Gasteiger partial charge on any atom is 0.244 e. The summed E-state index contributed by atoms with van der Waals surface area (Å²) < 4.78 is 26.9. The Morgan fingerprint density at radius 1 is 1.35 bits per heavy atom. The van der Waals surface area contributed by atoms with Gasteiger partial charge in [-0.15, -0.1) is 0 Å². The number of rotatable bonds is 2. The van der Waals surface area contributed by atoms with Gasteiger partial charge in [-0.2, -0.15) is 0 Å². The monoisotopic (exact) mass is 240 g/mol. The molecule has 1 fully saturated rings. The van der Waals surface area contributed by atoms with E-state index in [9.17, 15) is 13.6 Å². The number of nitrogens with zero attached hydrogens (tertiary/aromatic N) is 1. The Morgan fingerprint density at radius 2 is 2.06 bits per heavy atom. The van der Waals surface area contributed by atoms with Crippen molar-refractivity contribution in [1.82, 2.24) is 4.90 Å². The number of hydrogen-bond acceptors (Lipinski definition) is 2. The van der Waals surface area contributed by atoms with E-state index in [4.69, 9.17) is 0 Å². The smallest absolute Gasteiger partial charge is 0.244 e. The van der Waals surface area contributed by atoms with Gasteiger partial charge < -0.3 is 10.2 Å². The average molecular weight is 240 g/mol. The summed E-state index contributed by atoms with van der Waals surface area (Å²) in [5.41, 5.74) is 0.296. The molecular weight excluding hydrogens is 226 g/mol. The molecule has 3 nitrogen and oxygen atoms in total. The third-order valence-corrected chi connectivity index (χ3v) is 3.01. The summed E-state index contributed by atoms with van der Waals surface area (Å²) in [7, 11) is 1.69. The minimum absolute atomic E-state index is 0.0433. The highest BCUT2D eigenvalue weighted by Crippen LogP contribution is 2.22. The zero-order chi connectivity index (χ0) is 12.6. The molecule has 1 aliphatic rings. The van der Waals surface area contributed by atoms with E-state index in [1.54, 1.807) is 11.9 Å². The fourth-order valence-electron chi connectivity index (χ4n) is 1.90. The number of hydrogen-bond donors (Lipinski definition) is 1. The van der Waals surface area contributed by atoms with E-state index in [0.29, 0.717) is 13.0 Å². The van der Waals surface area contributed by atoms with Crippen molar-refractivity contribution in [2.45, 2.75) is 19.4 Å². The number of halogens is 2. The minimum atomic E-state index is -0.536. The van der Waals surface area contributed by atoms with Gasteiger partial charge in [-0.05, 0) is 25.0 Å². The number of likely N-dealkylation sites (N-methyl/N-ethyl adjacent to an activating group) is 1. The molecule has 92 valence electrons. The van der Waals surface area contributed by atoms with Crippen molar-refractivity contribution in [3.8, 4) is 0 Å². The zero-order valence-electron chi connectivity index (χ0n) is 9.76. The second-order valence-corrected chi connectivity index (χ2v) is 4.33. The molecule has 1 saturated heterocycles. The number of aryl methyl sites for hydroxylation is 1. The Balaban J connectivity index is 2.19. The van der Waals surface area contributed by atoms with E-state index >= 15 is 0 Å². The average Bonchev–Trinajstić information content (AvgIpc) is 2.58. The Kier molecular flexibility index (Phi) is 3.00. The predicted molar refractivity (Wildman–Crippen MR) is 60.8 cm³/mol. The third kappa shape index (κ3) is 2.23. The molecule has 1 atom stereocenters. The van der Waals surface area contributed by atoms with Crippen molar-refractivity contribution < 1.29 is 13.6 Å². The summed E-state index contributed by atoms with van der Waals surface area (Å²) in [4.78, 5) is 13.2. The van der Waals surface area contributed by atoms with Crippen molar-refractivity contribution in [3.05, 3.63) is 29.3 Å². The summed E-state index contributed by atoms with van der Waals surface area (Å²) >= 11 is 0. The number of carbonyl (C=O) groups is 1. The van der Waals surface area contributed by atoms with Crippen LogP contribution in [0.15, 0.2) is 12.1 Å². The van der Waals surface area contributed by atoms with Gasteiger partial charge in [0.2, 0.25) is 5.91 Å².